The Morgan fingerprint density at radius 3 is 2.83 bits per heavy atom. The van der Waals surface area contributed by atoms with E-state index in [9.17, 15) is 9.59 Å². The summed E-state index contributed by atoms with van der Waals surface area (Å²) in [6, 6.07) is 6.09. The average molecular weight is 318 g/mol. The van der Waals surface area contributed by atoms with Gasteiger partial charge in [0, 0.05) is 13.0 Å². The third-order valence-corrected chi connectivity index (χ3v) is 4.24. The zero-order chi connectivity index (χ0) is 16.7. The van der Waals surface area contributed by atoms with Gasteiger partial charge in [-0.3, -0.25) is 9.59 Å². The maximum absolute atomic E-state index is 12.1. The molecule has 0 aromatic heterocycles. The van der Waals surface area contributed by atoms with Crippen molar-refractivity contribution < 1.29 is 14.3 Å². The molecule has 1 atom stereocenters. The number of rotatable bonds is 7. The Labute approximate surface area is 137 Å². The molecule has 0 radical (unpaired) electrons. The van der Waals surface area contributed by atoms with Crippen molar-refractivity contribution in [3.63, 3.8) is 0 Å². The van der Waals surface area contributed by atoms with Gasteiger partial charge in [-0.1, -0.05) is 13.0 Å². The van der Waals surface area contributed by atoms with Crippen LogP contribution in [0.5, 0.6) is 5.75 Å². The van der Waals surface area contributed by atoms with Crippen molar-refractivity contribution in [2.75, 3.05) is 20.2 Å². The first-order chi connectivity index (χ1) is 11.1. The highest BCUT2D eigenvalue weighted by molar-refractivity contribution is 5.85. The summed E-state index contributed by atoms with van der Waals surface area (Å²) in [5, 5.41) is 5.47. The van der Waals surface area contributed by atoms with E-state index in [0.29, 0.717) is 13.0 Å². The van der Waals surface area contributed by atoms with Crippen LogP contribution in [0.4, 0.5) is 0 Å². The van der Waals surface area contributed by atoms with Crippen molar-refractivity contribution in [2.24, 2.45) is 0 Å². The fourth-order valence-corrected chi connectivity index (χ4v) is 3.03. The number of carbonyl (C=O) groups is 2. The third kappa shape index (κ3) is 4.98. The maximum Gasteiger partial charge on any atom is 0.239 e. The summed E-state index contributed by atoms with van der Waals surface area (Å²) in [6.07, 6.45) is 4.44. The van der Waals surface area contributed by atoms with E-state index in [0.717, 1.165) is 31.4 Å². The predicted octanol–water partition coefficient (Wildman–Crippen LogP) is 2.15. The maximum atomic E-state index is 12.1. The minimum absolute atomic E-state index is 0.0566. The number of amides is 2. The number of carbonyl (C=O) groups excluding carboxylic acids is 2. The van der Waals surface area contributed by atoms with E-state index in [4.69, 9.17) is 4.74 Å². The first-order valence-corrected chi connectivity index (χ1v) is 8.34. The Bertz CT molecular complexity index is 557. The molecular formula is C18H26N2O3. The van der Waals surface area contributed by atoms with Gasteiger partial charge in [-0.25, -0.2) is 0 Å². The summed E-state index contributed by atoms with van der Waals surface area (Å²) < 4.78 is 5.27. The molecule has 2 rings (SSSR count). The largest absolute Gasteiger partial charge is 0.497 e. The highest BCUT2D eigenvalue weighted by Gasteiger charge is 2.23. The molecule has 1 aliphatic rings. The van der Waals surface area contributed by atoms with E-state index in [1.54, 1.807) is 7.11 Å². The number of ether oxygens (including phenoxy) is 1. The molecule has 2 N–H and O–H groups in total. The lowest BCUT2D eigenvalue weighted by molar-refractivity contribution is -0.126. The lowest BCUT2D eigenvalue weighted by Gasteiger charge is -2.25. The van der Waals surface area contributed by atoms with Gasteiger partial charge < -0.3 is 15.4 Å². The zero-order valence-corrected chi connectivity index (χ0v) is 14.0. The minimum Gasteiger partial charge on any atom is -0.497 e. The average Bonchev–Trinajstić information content (AvgIpc) is 2.57. The Morgan fingerprint density at radius 1 is 1.26 bits per heavy atom. The smallest absolute Gasteiger partial charge is 0.239 e. The van der Waals surface area contributed by atoms with Gasteiger partial charge in [0.2, 0.25) is 11.8 Å². The monoisotopic (exact) mass is 318 g/mol. The molecule has 23 heavy (non-hydrogen) atoms. The van der Waals surface area contributed by atoms with Crippen LogP contribution in [0.1, 0.15) is 49.7 Å². The zero-order valence-electron chi connectivity index (χ0n) is 14.0. The number of fused-ring (bicyclic) bond motifs is 1. The van der Waals surface area contributed by atoms with Gasteiger partial charge in [-0.05, 0) is 54.9 Å². The van der Waals surface area contributed by atoms with E-state index in [1.807, 2.05) is 13.0 Å². The van der Waals surface area contributed by atoms with Crippen molar-refractivity contribution in [1.29, 1.82) is 0 Å². The van der Waals surface area contributed by atoms with Crippen LogP contribution in [0.2, 0.25) is 0 Å². The number of nitrogens with one attached hydrogen (secondary N) is 2. The van der Waals surface area contributed by atoms with E-state index in [2.05, 4.69) is 22.8 Å². The molecule has 2 amide bonds. The first-order valence-electron chi connectivity index (χ1n) is 8.34. The molecule has 5 nitrogen and oxygen atoms in total. The molecule has 0 fully saturated rings. The molecule has 0 heterocycles. The van der Waals surface area contributed by atoms with Crippen LogP contribution >= 0.6 is 0 Å². The summed E-state index contributed by atoms with van der Waals surface area (Å²) in [7, 11) is 1.67. The number of hydrogen-bond acceptors (Lipinski definition) is 3. The van der Waals surface area contributed by atoms with Gasteiger partial charge in [0.1, 0.15) is 5.75 Å². The molecule has 0 saturated carbocycles. The van der Waals surface area contributed by atoms with Crippen molar-refractivity contribution >= 4 is 11.8 Å². The predicted molar refractivity (Wildman–Crippen MR) is 89.6 cm³/mol. The number of hydrogen-bond donors (Lipinski definition) is 2. The minimum atomic E-state index is -0.131. The Morgan fingerprint density at radius 2 is 2.09 bits per heavy atom. The fourth-order valence-electron chi connectivity index (χ4n) is 3.03. The third-order valence-electron chi connectivity index (χ3n) is 4.24. The van der Waals surface area contributed by atoms with Gasteiger partial charge in [0.05, 0.1) is 13.7 Å². The van der Waals surface area contributed by atoms with E-state index in [1.165, 1.54) is 11.1 Å². The molecule has 0 bridgehead atoms. The molecule has 0 saturated heterocycles. The van der Waals surface area contributed by atoms with Gasteiger partial charge in [0.25, 0.3) is 0 Å². The molecule has 1 aromatic carbocycles. The van der Waals surface area contributed by atoms with Crippen LogP contribution in [0.25, 0.3) is 0 Å². The van der Waals surface area contributed by atoms with E-state index >= 15 is 0 Å². The lowest BCUT2D eigenvalue weighted by atomic mass is 9.81. The molecule has 1 aliphatic carbocycles. The van der Waals surface area contributed by atoms with Crippen LogP contribution in [0.15, 0.2) is 18.2 Å². The SMILES string of the molecule is CCCNC(=O)CNC(=O)C[C@@H]1CCCc2cc(OC)ccc21. The van der Waals surface area contributed by atoms with Gasteiger partial charge in [-0.2, -0.15) is 0 Å². The summed E-state index contributed by atoms with van der Waals surface area (Å²) in [6.45, 7) is 2.70. The molecular weight excluding hydrogens is 292 g/mol. The molecule has 1 aromatic rings. The van der Waals surface area contributed by atoms with Crippen molar-refractivity contribution in [1.82, 2.24) is 10.6 Å². The fraction of sp³-hybridized carbons (Fsp3) is 0.556. The number of aryl methyl sites for hydroxylation is 1. The second-order valence-corrected chi connectivity index (χ2v) is 5.98. The Balaban J connectivity index is 1.89. The summed E-state index contributed by atoms with van der Waals surface area (Å²) in [5.41, 5.74) is 2.51. The highest BCUT2D eigenvalue weighted by atomic mass is 16.5. The quantitative estimate of drug-likeness (QED) is 0.809. The summed E-state index contributed by atoms with van der Waals surface area (Å²) in [4.78, 5) is 23.6. The van der Waals surface area contributed by atoms with Gasteiger partial charge in [-0.15, -0.1) is 0 Å². The van der Waals surface area contributed by atoms with Crippen molar-refractivity contribution in [3.8, 4) is 5.75 Å². The van der Waals surface area contributed by atoms with Gasteiger partial charge >= 0.3 is 0 Å². The summed E-state index contributed by atoms with van der Waals surface area (Å²) >= 11 is 0. The van der Waals surface area contributed by atoms with Crippen LogP contribution in [-0.4, -0.2) is 32.0 Å². The van der Waals surface area contributed by atoms with Crippen LogP contribution < -0.4 is 15.4 Å². The van der Waals surface area contributed by atoms with Crippen molar-refractivity contribution in [3.05, 3.63) is 29.3 Å². The molecule has 0 spiro atoms. The lowest BCUT2D eigenvalue weighted by Crippen LogP contribution is -2.37. The normalized spacial score (nSPS) is 16.3. The van der Waals surface area contributed by atoms with E-state index in [-0.39, 0.29) is 24.3 Å². The molecule has 5 heteroatoms. The van der Waals surface area contributed by atoms with Crippen LogP contribution in [0, 0.1) is 0 Å². The second-order valence-electron chi connectivity index (χ2n) is 5.98. The second kappa shape index (κ2) is 8.56. The molecule has 0 aliphatic heterocycles. The van der Waals surface area contributed by atoms with Crippen molar-refractivity contribution in [2.45, 2.75) is 44.9 Å². The molecule has 0 unspecified atom stereocenters. The van der Waals surface area contributed by atoms with Crippen LogP contribution in [0.3, 0.4) is 0 Å². The van der Waals surface area contributed by atoms with Crippen LogP contribution in [-0.2, 0) is 16.0 Å². The molecule has 126 valence electrons. The highest BCUT2D eigenvalue weighted by Crippen LogP contribution is 2.35. The topological polar surface area (TPSA) is 67.4 Å². The Kier molecular flexibility index (Phi) is 6.44. The van der Waals surface area contributed by atoms with Gasteiger partial charge in [0.15, 0.2) is 0 Å². The standard InChI is InChI=1S/C18H26N2O3/c1-3-9-19-18(22)12-20-17(21)11-14-6-4-5-13-10-15(23-2)7-8-16(13)14/h7-8,10,14H,3-6,9,11-12H2,1-2H3,(H,19,22)(H,20,21)/t14-/m0/s1. The van der Waals surface area contributed by atoms with E-state index < -0.39 is 0 Å². The Hall–Kier alpha value is -2.04. The summed E-state index contributed by atoms with van der Waals surface area (Å²) in [5.74, 6) is 0.893. The number of benzene rings is 1. The first kappa shape index (κ1) is 17.3. The number of methoxy groups -OCH3 is 1.